The number of benzene rings is 3. The topological polar surface area (TPSA) is 30.9 Å². The molecule has 162 valence electrons. The molecule has 1 aliphatic rings. The summed E-state index contributed by atoms with van der Waals surface area (Å²) in [6, 6.07) is 26.9. The molecule has 3 aromatic carbocycles. The van der Waals surface area contributed by atoms with Crippen LogP contribution in [0.15, 0.2) is 78.9 Å². The lowest BCUT2D eigenvalue weighted by atomic mass is 10.0. The molecule has 0 bridgehead atoms. The van der Waals surface area contributed by atoms with Crippen LogP contribution in [0.2, 0.25) is 0 Å². The molecule has 1 fully saturated rings. The maximum atomic E-state index is 6.65. The maximum absolute atomic E-state index is 6.65. The highest BCUT2D eigenvalue weighted by molar-refractivity contribution is 14.1. The largest absolute Gasteiger partial charge is 0.489 e. The van der Waals surface area contributed by atoms with Crippen molar-refractivity contribution < 1.29 is 14.2 Å². The first-order valence-electron chi connectivity index (χ1n) is 10.8. The van der Waals surface area contributed by atoms with E-state index in [1.165, 1.54) is 5.69 Å². The van der Waals surface area contributed by atoms with Crippen molar-refractivity contribution >= 4 is 28.3 Å². The Kier molecular flexibility index (Phi) is 7.70. The van der Waals surface area contributed by atoms with Gasteiger partial charge in [0.15, 0.2) is 17.6 Å². The molecule has 0 spiro atoms. The van der Waals surface area contributed by atoms with Gasteiger partial charge in [-0.1, -0.05) is 61.5 Å². The fourth-order valence-corrected chi connectivity index (χ4v) is 4.43. The van der Waals surface area contributed by atoms with Gasteiger partial charge < -0.3 is 19.1 Å². The summed E-state index contributed by atoms with van der Waals surface area (Å²) >= 11 is 2.31. The van der Waals surface area contributed by atoms with Gasteiger partial charge in [0.2, 0.25) is 0 Å². The number of ether oxygens (including phenoxy) is 3. The fourth-order valence-electron chi connectivity index (χ4n) is 3.80. The van der Waals surface area contributed by atoms with Crippen LogP contribution < -0.4 is 14.4 Å². The van der Waals surface area contributed by atoms with Crippen molar-refractivity contribution in [3.63, 3.8) is 0 Å². The molecule has 1 saturated heterocycles. The Morgan fingerprint density at radius 2 is 1.74 bits per heavy atom. The van der Waals surface area contributed by atoms with Gasteiger partial charge in [0.1, 0.15) is 6.10 Å². The third-order valence-corrected chi connectivity index (χ3v) is 6.17. The summed E-state index contributed by atoms with van der Waals surface area (Å²) in [6.45, 7) is 5.07. The monoisotopic (exact) mass is 529 g/mol. The molecule has 0 amide bonds. The highest BCUT2D eigenvalue weighted by atomic mass is 127. The summed E-state index contributed by atoms with van der Waals surface area (Å²) in [7, 11) is 0. The molecule has 5 heteroatoms. The Morgan fingerprint density at radius 1 is 1.00 bits per heavy atom. The number of morpholine rings is 1. The molecular formula is C26H28INO3. The second kappa shape index (κ2) is 10.9. The lowest BCUT2D eigenvalue weighted by Crippen LogP contribution is -2.46. The molecule has 4 rings (SSSR count). The van der Waals surface area contributed by atoms with Gasteiger partial charge in [-0.3, -0.25) is 0 Å². The van der Waals surface area contributed by atoms with Crippen molar-refractivity contribution in [2.75, 3.05) is 31.2 Å². The van der Waals surface area contributed by atoms with E-state index in [9.17, 15) is 0 Å². The van der Waals surface area contributed by atoms with Crippen molar-refractivity contribution in [2.24, 2.45) is 0 Å². The summed E-state index contributed by atoms with van der Waals surface area (Å²) in [5, 5.41) is 0. The minimum absolute atomic E-state index is 0.103. The van der Waals surface area contributed by atoms with Crippen LogP contribution in [0.3, 0.4) is 0 Å². The first-order chi connectivity index (χ1) is 15.3. The number of anilines is 1. The number of hydrogen-bond acceptors (Lipinski definition) is 4. The van der Waals surface area contributed by atoms with Gasteiger partial charge >= 0.3 is 0 Å². The normalized spacial score (nSPS) is 17.2. The zero-order valence-electron chi connectivity index (χ0n) is 17.7. The summed E-state index contributed by atoms with van der Waals surface area (Å²) in [4.78, 5) is 2.37. The molecule has 0 saturated carbocycles. The van der Waals surface area contributed by atoms with Crippen LogP contribution >= 0.6 is 22.6 Å². The molecule has 1 unspecified atom stereocenters. The van der Waals surface area contributed by atoms with E-state index in [0.29, 0.717) is 13.2 Å². The average molecular weight is 529 g/mol. The molecule has 4 nitrogen and oxygen atoms in total. The lowest BCUT2D eigenvalue weighted by Gasteiger charge is -2.38. The second-order valence-corrected chi connectivity index (χ2v) is 8.72. The van der Waals surface area contributed by atoms with Crippen LogP contribution in [-0.4, -0.2) is 32.4 Å². The van der Waals surface area contributed by atoms with E-state index in [1.54, 1.807) is 0 Å². The molecule has 3 aromatic rings. The molecule has 0 aliphatic carbocycles. The number of rotatable bonds is 8. The molecule has 0 radical (unpaired) electrons. The van der Waals surface area contributed by atoms with Gasteiger partial charge in [0.25, 0.3) is 0 Å². The van der Waals surface area contributed by atoms with E-state index >= 15 is 0 Å². The van der Waals surface area contributed by atoms with Crippen LogP contribution in [0.5, 0.6) is 11.5 Å². The first-order valence-corrected chi connectivity index (χ1v) is 11.9. The fraction of sp³-hybridized carbons (Fsp3) is 0.308. The first kappa shape index (κ1) is 22.0. The second-order valence-electron chi connectivity index (χ2n) is 7.56. The standard InChI is InChI=1S/C26H28INO3/c1-2-17-30-26-22(27)14-9-15-23(26)31-25(20-10-5-3-6-11-20)24-19-28(16-18-29-24)21-12-7-4-8-13-21/h3-15,24-25H,2,16-19H2,1H3/t24?,25-/m0/s1. The van der Waals surface area contributed by atoms with Crippen LogP contribution in [0.25, 0.3) is 0 Å². The van der Waals surface area contributed by atoms with Crippen molar-refractivity contribution in [2.45, 2.75) is 25.6 Å². The highest BCUT2D eigenvalue weighted by Gasteiger charge is 2.32. The Labute approximate surface area is 198 Å². The van der Waals surface area contributed by atoms with Gasteiger partial charge in [0, 0.05) is 18.8 Å². The van der Waals surface area contributed by atoms with Crippen molar-refractivity contribution in [3.8, 4) is 11.5 Å². The zero-order valence-corrected chi connectivity index (χ0v) is 19.9. The number of hydrogen-bond donors (Lipinski definition) is 0. The summed E-state index contributed by atoms with van der Waals surface area (Å²) < 4.78 is 20.0. The molecule has 0 aromatic heterocycles. The van der Waals surface area contributed by atoms with Crippen LogP contribution in [0.4, 0.5) is 5.69 Å². The van der Waals surface area contributed by atoms with E-state index in [0.717, 1.165) is 40.1 Å². The number of halogens is 1. The van der Waals surface area contributed by atoms with Crippen LogP contribution in [0, 0.1) is 3.57 Å². The molecule has 2 atom stereocenters. The third-order valence-electron chi connectivity index (χ3n) is 5.32. The molecule has 0 N–H and O–H groups in total. The minimum Gasteiger partial charge on any atom is -0.489 e. The highest BCUT2D eigenvalue weighted by Crippen LogP contribution is 2.37. The van der Waals surface area contributed by atoms with Gasteiger partial charge in [0.05, 0.1) is 16.8 Å². The molecular weight excluding hydrogens is 501 g/mol. The van der Waals surface area contributed by atoms with Crippen LogP contribution in [0.1, 0.15) is 25.0 Å². The Bertz CT molecular complexity index is 951. The predicted octanol–water partition coefficient (Wildman–Crippen LogP) is 6.11. The third kappa shape index (κ3) is 5.52. The number of para-hydroxylation sites is 2. The Balaban J connectivity index is 1.63. The Hall–Kier alpha value is -2.25. The lowest BCUT2D eigenvalue weighted by molar-refractivity contribution is -0.0357. The quantitative estimate of drug-likeness (QED) is 0.330. The summed E-state index contributed by atoms with van der Waals surface area (Å²) in [6.07, 6.45) is 0.604. The van der Waals surface area contributed by atoms with Crippen molar-refractivity contribution in [1.82, 2.24) is 0 Å². The SMILES string of the molecule is CCCOc1c(I)cccc1O[C@@H](c1ccccc1)C1CN(c2ccccc2)CCO1. The van der Waals surface area contributed by atoms with Crippen LogP contribution in [-0.2, 0) is 4.74 Å². The van der Waals surface area contributed by atoms with E-state index in [1.807, 2.05) is 42.5 Å². The predicted molar refractivity (Wildman–Crippen MR) is 133 cm³/mol. The number of nitrogens with zero attached hydrogens (tertiary/aromatic N) is 1. The summed E-state index contributed by atoms with van der Waals surface area (Å²) in [5.74, 6) is 1.57. The van der Waals surface area contributed by atoms with Gasteiger partial charge in [-0.25, -0.2) is 0 Å². The smallest absolute Gasteiger partial charge is 0.174 e. The average Bonchev–Trinajstić information content (AvgIpc) is 2.83. The van der Waals surface area contributed by atoms with Gasteiger partial charge in [-0.15, -0.1) is 0 Å². The van der Waals surface area contributed by atoms with Gasteiger partial charge in [-0.2, -0.15) is 0 Å². The molecule has 1 aliphatic heterocycles. The van der Waals surface area contributed by atoms with Gasteiger partial charge in [-0.05, 0) is 58.8 Å². The van der Waals surface area contributed by atoms with E-state index in [4.69, 9.17) is 14.2 Å². The molecule has 31 heavy (non-hydrogen) atoms. The molecule has 1 heterocycles. The van der Waals surface area contributed by atoms with E-state index in [-0.39, 0.29) is 12.2 Å². The van der Waals surface area contributed by atoms with E-state index < -0.39 is 0 Å². The summed E-state index contributed by atoms with van der Waals surface area (Å²) in [5.41, 5.74) is 2.31. The maximum Gasteiger partial charge on any atom is 0.174 e. The van der Waals surface area contributed by atoms with E-state index in [2.05, 4.69) is 70.8 Å². The van der Waals surface area contributed by atoms with Crippen molar-refractivity contribution in [3.05, 3.63) is 88.0 Å². The minimum atomic E-state index is -0.241. The zero-order chi connectivity index (χ0) is 21.5. The Morgan fingerprint density at radius 3 is 2.48 bits per heavy atom. The van der Waals surface area contributed by atoms with Crippen molar-refractivity contribution in [1.29, 1.82) is 0 Å².